The number of hydrogen-bond donors (Lipinski definition) is 0. The third kappa shape index (κ3) is 2.61. The SMILES string of the molecule is CC(C)c1ccc(F)c(CCC=O)c1F. The molecule has 0 aromatic heterocycles. The molecule has 0 saturated carbocycles. The van der Waals surface area contributed by atoms with Gasteiger partial charge in [-0.15, -0.1) is 0 Å². The van der Waals surface area contributed by atoms with Gasteiger partial charge in [0.2, 0.25) is 0 Å². The molecule has 0 N–H and O–H groups in total. The molecule has 0 saturated heterocycles. The smallest absolute Gasteiger partial charge is 0.132 e. The monoisotopic (exact) mass is 212 g/mol. The van der Waals surface area contributed by atoms with Gasteiger partial charge in [0.1, 0.15) is 17.9 Å². The van der Waals surface area contributed by atoms with E-state index in [1.807, 2.05) is 13.8 Å². The number of halogens is 2. The van der Waals surface area contributed by atoms with Gasteiger partial charge in [0.25, 0.3) is 0 Å². The summed E-state index contributed by atoms with van der Waals surface area (Å²) in [5.41, 5.74) is 0.519. The highest BCUT2D eigenvalue weighted by atomic mass is 19.1. The van der Waals surface area contributed by atoms with Gasteiger partial charge in [-0.3, -0.25) is 0 Å². The average molecular weight is 212 g/mol. The average Bonchev–Trinajstić information content (AvgIpc) is 2.17. The minimum atomic E-state index is -0.571. The van der Waals surface area contributed by atoms with Crippen molar-refractivity contribution in [3.05, 3.63) is 34.9 Å². The fourth-order valence-electron chi connectivity index (χ4n) is 1.49. The number of benzene rings is 1. The standard InChI is InChI=1S/C12H14F2O/c1-8(2)9-5-6-11(13)10(12(9)14)4-3-7-15/h5-8H,3-4H2,1-2H3. The molecular weight excluding hydrogens is 198 g/mol. The van der Waals surface area contributed by atoms with Crippen LogP contribution in [0.15, 0.2) is 12.1 Å². The maximum absolute atomic E-state index is 13.8. The van der Waals surface area contributed by atoms with Crippen molar-refractivity contribution in [1.29, 1.82) is 0 Å². The van der Waals surface area contributed by atoms with Crippen molar-refractivity contribution in [2.75, 3.05) is 0 Å². The van der Waals surface area contributed by atoms with E-state index in [1.165, 1.54) is 12.1 Å². The summed E-state index contributed by atoms with van der Waals surface area (Å²) in [6.45, 7) is 3.69. The second-order valence-corrected chi connectivity index (χ2v) is 3.79. The summed E-state index contributed by atoms with van der Waals surface area (Å²) >= 11 is 0. The molecule has 1 aromatic rings. The van der Waals surface area contributed by atoms with Crippen molar-refractivity contribution in [3.8, 4) is 0 Å². The number of carbonyl (C=O) groups is 1. The highest BCUT2D eigenvalue weighted by Gasteiger charge is 2.14. The van der Waals surface area contributed by atoms with E-state index in [-0.39, 0.29) is 24.3 Å². The van der Waals surface area contributed by atoms with Crippen LogP contribution in [-0.4, -0.2) is 6.29 Å². The van der Waals surface area contributed by atoms with Crippen molar-refractivity contribution in [1.82, 2.24) is 0 Å². The van der Waals surface area contributed by atoms with Gasteiger partial charge in [0.15, 0.2) is 0 Å². The Balaban J connectivity index is 3.11. The van der Waals surface area contributed by atoms with Crippen LogP contribution in [0.2, 0.25) is 0 Å². The van der Waals surface area contributed by atoms with Gasteiger partial charge in [0, 0.05) is 12.0 Å². The predicted molar refractivity (Wildman–Crippen MR) is 54.8 cm³/mol. The minimum absolute atomic E-state index is 0.0144. The first-order chi connectivity index (χ1) is 7.07. The van der Waals surface area contributed by atoms with E-state index in [0.717, 1.165) is 0 Å². The summed E-state index contributed by atoms with van der Waals surface area (Å²) in [4.78, 5) is 10.2. The molecule has 3 heteroatoms. The summed E-state index contributed by atoms with van der Waals surface area (Å²) < 4.78 is 27.0. The molecule has 0 radical (unpaired) electrons. The van der Waals surface area contributed by atoms with Crippen LogP contribution < -0.4 is 0 Å². The first kappa shape index (κ1) is 11.8. The Bertz CT molecular complexity index is 359. The van der Waals surface area contributed by atoms with Crippen LogP contribution >= 0.6 is 0 Å². The molecule has 1 aromatic carbocycles. The topological polar surface area (TPSA) is 17.1 Å². The zero-order valence-electron chi connectivity index (χ0n) is 8.89. The lowest BCUT2D eigenvalue weighted by molar-refractivity contribution is -0.107. The Morgan fingerprint density at radius 3 is 2.53 bits per heavy atom. The number of aldehydes is 1. The Kier molecular flexibility index (Phi) is 3.95. The molecule has 0 atom stereocenters. The van der Waals surface area contributed by atoms with E-state index in [0.29, 0.717) is 11.8 Å². The highest BCUT2D eigenvalue weighted by molar-refractivity contribution is 5.50. The first-order valence-electron chi connectivity index (χ1n) is 4.98. The second kappa shape index (κ2) is 5.01. The van der Waals surface area contributed by atoms with E-state index in [2.05, 4.69) is 0 Å². The third-order valence-electron chi connectivity index (χ3n) is 2.35. The fourth-order valence-corrected chi connectivity index (χ4v) is 1.49. The van der Waals surface area contributed by atoms with Gasteiger partial charge in [-0.25, -0.2) is 8.78 Å². The molecule has 0 aliphatic heterocycles. The minimum Gasteiger partial charge on any atom is -0.303 e. The zero-order valence-corrected chi connectivity index (χ0v) is 8.89. The molecule has 0 spiro atoms. The van der Waals surface area contributed by atoms with Crippen LogP contribution in [0.3, 0.4) is 0 Å². The number of hydrogen-bond acceptors (Lipinski definition) is 1. The van der Waals surface area contributed by atoms with Gasteiger partial charge in [0.05, 0.1) is 0 Å². The normalized spacial score (nSPS) is 10.7. The lowest BCUT2D eigenvalue weighted by Crippen LogP contribution is -2.02. The maximum Gasteiger partial charge on any atom is 0.132 e. The van der Waals surface area contributed by atoms with Gasteiger partial charge in [-0.2, -0.15) is 0 Å². The zero-order chi connectivity index (χ0) is 11.4. The summed E-state index contributed by atoms with van der Waals surface area (Å²) in [6.07, 6.45) is 0.943. The number of carbonyl (C=O) groups excluding carboxylic acids is 1. The molecular formula is C12H14F2O. The molecule has 1 rings (SSSR count). The van der Waals surface area contributed by atoms with Crippen molar-refractivity contribution >= 4 is 6.29 Å². The molecule has 1 nitrogen and oxygen atoms in total. The van der Waals surface area contributed by atoms with Gasteiger partial charge in [-0.1, -0.05) is 19.9 Å². The summed E-state index contributed by atoms with van der Waals surface area (Å²) in [5, 5.41) is 0. The first-order valence-corrected chi connectivity index (χ1v) is 4.98. The largest absolute Gasteiger partial charge is 0.303 e. The van der Waals surface area contributed by atoms with Crippen molar-refractivity contribution in [3.63, 3.8) is 0 Å². The molecule has 0 heterocycles. The van der Waals surface area contributed by atoms with Crippen LogP contribution in [0.25, 0.3) is 0 Å². The molecule has 0 unspecified atom stereocenters. The Labute approximate surface area is 88.1 Å². The van der Waals surface area contributed by atoms with Crippen LogP contribution in [-0.2, 0) is 11.2 Å². The van der Waals surface area contributed by atoms with E-state index in [9.17, 15) is 13.6 Å². The van der Waals surface area contributed by atoms with E-state index < -0.39 is 11.6 Å². The van der Waals surface area contributed by atoms with Gasteiger partial charge >= 0.3 is 0 Å². The van der Waals surface area contributed by atoms with Crippen molar-refractivity contribution in [2.24, 2.45) is 0 Å². The molecule has 0 bridgehead atoms. The summed E-state index contributed by atoms with van der Waals surface area (Å²) in [7, 11) is 0. The quantitative estimate of drug-likeness (QED) is 0.700. The lowest BCUT2D eigenvalue weighted by atomic mass is 9.97. The van der Waals surface area contributed by atoms with Gasteiger partial charge < -0.3 is 4.79 Å². The summed E-state index contributed by atoms with van der Waals surface area (Å²) in [6, 6.07) is 2.72. The number of rotatable bonds is 4. The molecule has 82 valence electrons. The molecule has 0 aliphatic rings. The van der Waals surface area contributed by atoms with Gasteiger partial charge in [-0.05, 0) is 24.0 Å². The van der Waals surface area contributed by atoms with Crippen molar-refractivity contribution < 1.29 is 13.6 Å². The highest BCUT2D eigenvalue weighted by Crippen LogP contribution is 2.24. The third-order valence-corrected chi connectivity index (χ3v) is 2.35. The van der Waals surface area contributed by atoms with E-state index in [4.69, 9.17) is 0 Å². The van der Waals surface area contributed by atoms with Crippen LogP contribution in [0.1, 0.15) is 37.3 Å². The maximum atomic E-state index is 13.8. The molecule has 15 heavy (non-hydrogen) atoms. The van der Waals surface area contributed by atoms with Crippen LogP contribution in [0.5, 0.6) is 0 Å². The molecule has 0 fully saturated rings. The van der Waals surface area contributed by atoms with E-state index in [1.54, 1.807) is 0 Å². The van der Waals surface area contributed by atoms with Crippen molar-refractivity contribution in [2.45, 2.75) is 32.6 Å². The fraction of sp³-hybridized carbons (Fsp3) is 0.417. The van der Waals surface area contributed by atoms with Crippen LogP contribution in [0, 0.1) is 11.6 Å². The molecule has 0 aliphatic carbocycles. The second-order valence-electron chi connectivity index (χ2n) is 3.79. The van der Waals surface area contributed by atoms with Crippen LogP contribution in [0.4, 0.5) is 8.78 Å². The van der Waals surface area contributed by atoms with E-state index >= 15 is 0 Å². The Morgan fingerprint density at radius 2 is 2.00 bits per heavy atom. The Morgan fingerprint density at radius 1 is 1.33 bits per heavy atom. The lowest BCUT2D eigenvalue weighted by Gasteiger charge is -2.11. The Hall–Kier alpha value is -1.25. The summed E-state index contributed by atoms with van der Waals surface area (Å²) in [5.74, 6) is -1.06. The predicted octanol–water partition coefficient (Wildman–Crippen LogP) is 3.22. The molecule has 0 amide bonds.